The number of aromatic nitrogens is 2. The minimum absolute atomic E-state index is 0.463. The molecule has 0 aliphatic heterocycles. The molecule has 0 aliphatic carbocycles. The average molecular weight is 451 g/mol. The zero-order valence-electron chi connectivity index (χ0n) is 15.7. The molecule has 0 amide bonds. The largest absolute Gasteiger partial charge is 0.493 e. The van der Waals surface area contributed by atoms with Gasteiger partial charge in [-0.1, -0.05) is 40.2 Å². The Bertz CT molecular complexity index is 1110. The van der Waals surface area contributed by atoms with Gasteiger partial charge in [-0.15, -0.1) is 0 Å². The van der Waals surface area contributed by atoms with Gasteiger partial charge in [0.25, 0.3) is 0 Å². The molecule has 2 N–H and O–H groups in total. The fourth-order valence-electron chi connectivity index (χ4n) is 2.80. The summed E-state index contributed by atoms with van der Waals surface area (Å²) in [5.41, 5.74) is 6.71. The van der Waals surface area contributed by atoms with Crippen LogP contribution in [0.4, 0.5) is 5.95 Å². The zero-order valence-corrected chi connectivity index (χ0v) is 17.3. The number of aromatic amines is 1. The van der Waals surface area contributed by atoms with Crippen molar-refractivity contribution in [2.45, 2.75) is 6.61 Å². The Morgan fingerprint density at radius 1 is 1.07 bits per heavy atom. The van der Waals surface area contributed by atoms with Crippen molar-refractivity contribution in [3.8, 4) is 11.5 Å². The molecule has 0 unspecified atom stereocenters. The summed E-state index contributed by atoms with van der Waals surface area (Å²) in [5, 5.41) is 4.24. The molecular formula is C22H19BrN4O2. The number of nitrogens with zero attached hydrogens (tertiary/aromatic N) is 2. The Morgan fingerprint density at radius 2 is 1.90 bits per heavy atom. The number of H-pyrrole nitrogens is 1. The third kappa shape index (κ3) is 4.75. The number of para-hydroxylation sites is 2. The maximum Gasteiger partial charge on any atom is 0.222 e. The first-order valence-corrected chi connectivity index (χ1v) is 9.80. The lowest BCUT2D eigenvalue weighted by molar-refractivity contribution is 0.284. The van der Waals surface area contributed by atoms with Gasteiger partial charge in [-0.2, -0.15) is 5.10 Å². The molecule has 6 nitrogen and oxygen atoms in total. The van der Waals surface area contributed by atoms with Gasteiger partial charge in [0.05, 0.1) is 24.4 Å². The van der Waals surface area contributed by atoms with Crippen LogP contribution in [-0.2, 0) is 6.61 Å². The van der Waals surface area contributed by atoms with Gasteiger partial charge >= 0.3 is 0 Å². The van der Waals surface area contributed by atoms with Crippen molar-refractivity contribution in [1.82, 2.24) is 9.97 Å². The maximum absolute atomic E-state index is 5.90. The van der Waals surface area contributed by atoms with Crippen molar-refractivity contribution >= 4 is 39.1 Å². The first-order chi connectivity index (χ1) is 14.2. The summed E-state index contributed by atoms with van der Waals surface area (Å²) >= 11 is 3.43. The zero-order chi connectivity index (χ0) is 20.1. The molecule has 0 fully saturated rings. The molecule has 0 saturated carbocycles. The van der Waals surface area contributed by atoms with Gasteiger partial charge in [0.2, 0.25) is 5.95 Å². The van der Waals surface area contributed by atoms with Crippen LogP contribution in [0, 0.1) is 0 Å². The van der Waals surface area contributed by atoms with E-state index >= 15 is 0 Å². The quantitative estimate of drug-likeness (QED) is 0.293. The fraction of sp³-hybridized carbons (Fsp3) is 0.0909. The third-order valence-electron chi connectivity index (χ3n) is 4.27. The molecule has 29 heavy (non-hydrogen) atoms. The van der Waals surface area contributed by atoms with Gasteiger partial charge in [0.15, 0.2) is 11.5 Å². The van der Waals surface area contributed by atoms with Crippen LogP contribution >= 0.6 is 15.9 Å². The van der Waals surface area contributed by atoms with E-state index < -0.39 is 0 Å². The number of rotatable bonds is 7. The lowest BCUT2D eigenvalue weighted by atomic mass is 10.2. The minimum Gasteiger partial charge on any atom is -0.493 e. The summed E-state index contributed by atoms with van der Waals surface area (Å²) in [6.45, 7) is 0.463. The van der Waals surface area contributed by atoms with Crippen molar-refractivity contribution in [2.24, 2.45) is 5.10 Å². The first kappa shape index (κ1) is 19.0. The molecule has 0 spiro atoms. The van der Waals surface area contributed by atoms with Gasteiger partial charge in [-0.3, -0.25) is 0 Å². The number of methoxy groups -OCH3 is 1. The summed E-state index contributed by atoms with van der Waals surface area (Å²) in [4.78, 5) is 7.59. The lowest BCUT2D eigenvalue weighted by Gasteiger charge is -2.11. The van der Waals surface area contributed by atoms with E-state index in [2.05, 4.69) is 36.4 Å². The Morgan fingerprint density at radius 3 is 2.69 bits per heavy atom. The van der Waals surface area contributed by atoms with Crippen molar-refractivity contribution < 1.29 is 9.47 Å². The van der Waals surface area contributed by atoms with Crippen LogP contribution in [0.3, 0.4) is 0 Å². The smallest absolute Gasteiger partial charge is 0.222 e. The molecule has 7 heteroatoms. The number of ether oxygens (including phenoxy) is 2. The van der Waals surface area contributed by atoms with Crippen molar-refractivity contribution in [3.05, 3.63) is 82.3 Å². The number of benzene rings is 3. The molecule has 146 valence electrons. The number of anilines is 1. The number of halogens is 1. The van der Waals surface area contributed by atoms with E-state index in [1.807, 2.05) is 66.7 Å². The summed E-state index contributed by atoms with van der Waals surface area (Å²) in [6, 6.07) is 21.5. The molecule has 0 saturated heterocycles. The van der Waals surface area contributed by atoms with Crippen LogP contribution in [0.1, 0.15) is 11.1 Å². The molecule has 0 radical (unpaired) electrons. The number of nitrogens with one attached hydrogen (secondary N) is 2. The normalized spacial score (nSPS) is 11.1. The highest BCUT2D eigenvalue weighted by Gasteiger charge is 2.06. The monoisotopic (exact) mass is 450 g/mol. The maximum atomic E-state index is 5.90. The van der Waals surface area contributed by atoms with Gasteiger partial charge in [-0.05, 0) is 53.6 Å². The van der Waals surface area contributed by atoms with E-state index in [0.29, 0.717) is 24.1 Å². The molecule has 0 bridgehead atoms. The van der Waals surface area contributed by atoms with Crippen LogP contribution in [0.2, 0.25) is 0 Å². The fourth-order valence-corrected chi connectivity index (χ4v) is 3.06. The molecular weight excluding hydrogens is 432 g/mol. The lowest BCUT2D eigenvalue weighted by Crippen LogP contribution is -1.99. The van der Waals surface area contributed by atoms with Crippen LogP contribution in [0.15, 0.2) is 76.3 Å². The van der Waals surface area contributed by atoms with Crippen LogP contribution < -0.4 is 14.9 Å². The van der Waals surface area contributed by atoms with Gasteiger partial charge < -0.3 is 14.5 Å². The SMILES string of the molecule is COc1cc(/C=N/Nc2nc3ccccc3[nH]2)ccc1OCc1ccc(Br)cc1. The second-order valence-electron chi connectivity index (χ2n) is 6.30. The van der Waals surface area contributed by atoms with Crippen molar-refractivity contribution in [1.29, 1.82) is 0 Å². The Labute approximate surface area is 176 Å². The van der Waals surface area contributed by atoms with E-state index in [1.54, 1.807) is 13.3 Å². The predicted octanol–water partition coefficient (Wildman–Crippen LogP) is 5.36. The van der Waals surface area contributed by atoms with E-state index in [0.717, 1.165) is 26.6 Å². The van der Waals surface area contributed by atoms with Gasteiger partial charge in [-0.25, -0.2) is 10.4 Å². The molecule has 0 aliphatic rings. The highest BCUT2D eigenvalue weighted by atomic mass is 79.9. The molecule has 1 heterocycles. The Balaban J connectivity index is 1.41. The third-order valence-corrected chi connectivity index (χ3v) is 4.80. The number of hydrazone groups is 1. The molecule has 0 atom stereocenters. The first-order valence-electron chi connectivity index (χ1n) is 9.00. The average Bonchev–Trinajstić information content (AvgIpc) is 3.16. The second-order valence-corrected chi connectivity index (χ2v) is 7.21. The van der Waals surface area contributed by atoms with Gasteiger partial charge in [0, 0.05) is 4.47 Å². The van der Waals surface area contributed by atoms with E-state index in [4.69, 9.17) is 9.47 Å². The van der Waals surface area contributed by atoms with E-state index in [9.17, 15) is 0 Å². The number of hydrogen-bond donors (Lipinski definition) is 2. The van der Waals surface area contributed by atoms with Gasteiger partial charge in [0.1, 0.15) is 6.61 Å². The number of imidazole rings is 1. The van der Waals surface area contributed by atoms with Crippen LogP contribution in [0.5, 0.6) is 11.5 Å². The van der Waals surface area contributed by atoms with E-state index in [-0.39, 0.29) is 0 Å². The van der Waals surface area contributed by atoms with Crippen LogP contribution in [0.25, 0.3) is 11.0 Å². The topological polar surface area (TPSA) is 71.5 Å². The van der Waals surface area contributed by atoms with Crippen LogP contribution in [-0.4, -0.2) is 23.3 Å². The Kier molecular flexibility index (Phi) is 5.76. The Hall–Kier alpha value is -3.32. The summed E-state index contributed by atoms with van der Waals surface area (Å²) < 4.78 is 12.4. The molecule has 4 rings (SSSR count). The summed E-state index contributed by atoms with van der Waals surface area (Å²) in [7, 11) is 1.62. The summed E-state index contributed by atoms with van der Waals surface area (Å²) in [6.07, 6.45) is 1.70. The minimum atomic E-state index is 0.463. The van der Waals surface area contributed by atoms with Crippen molar-refractivity contribution in [3.63, 3.8) is 0 Å². The second kappa shape index (κ2) is 8.79. The number of hydrogen-bond acceptors (Lipinski definition) is 5. The van der Waals surface area contributed by atoms with Crippen molar-refractivity contribution in [2.75, 3.05) is 12.5 Å². The highest BCUT2D eigenvalue weighted by molar-refractivity contribution is 9.10. The highest BCUT2D eigenvalue weighted by Crippen LogP contribution is 2.28. The molecule has 3 aromatic carbocycles. The van der Waals surface area contributed by atoms with E-state index in [1.165, 1.54) is 0 Å². The standard InChI is InChI=1S/C22H19BrN4O2/c1-28-21-12-16(8-11-20(21)29-14-15-6-9-17(23)10-7-15)13-24-27-22-25-18-4-2-3-5-19(18)26-22/h2-13H,14H2,1H3,(H2,25,26,27)/b24-13+. The molecule has 1 aromatic heterocycles. The molecule has 4 aromatic rings. The number of fused-ring (bicyclic) bond motifs is 1. The summed E-state index contributed by atoms with van der Waals surface area (Å²) in [5.74, 6) is 1.91. The predicted molar refractivity (Wildman–Crippen MR) is 119 cm³/mol.